The summed E-state index contributed by atoms with van der Waals surface area (Å²) in [5.74, 6) is 0.810. The molecule has 1 unspecified atom stereocenters. The standard InChI is InChI=1S/C27H28N2O3S/c1-17(2)21-11-6-12-24-25(21)28-27(33-24)29(16-20-10-7-13-32-20)26(30)22-14-18-8-4-5-9-19(18)15-23(22)31-3/h4-6,8-9,11-12,14-15,17,20H,7,10,13,16H2,1-3H3. The van der Waals surface area contributed by atoms with Crippen LogP contribution in [0.1, 0.15) is 48.5 Å². The number of anilines is 1. The summed E-state index contributed by atoms with van der Waals surface area (Å²) < 4.78 is 12.6. The summed E-state index contributed by atoms with van der Waals surface area (Å²) >= 11 is 1.56. The average Bonchev–Trinajstić information content (AvgIpc) is 3.50. The van der Waals surface area contributed by atoms with Crippen molar-refractivity contribution >= 4 is 43.4 Å². The summed E-state index contributed by atoms with van der Waals surface area (Å²) in [7, 11) is 1.61. The van der Waals surface area contributed by atoms with Crippen molar-refractivity contribution in [2.45, 2.75) is 38.7 Å². The van der Waals surface area contributed by atoms with E-state index in [4.69, 9.17) is 14.5 Å². The number of aromatic nitrogens is 1. The monoisotopic (exact) mass is 460 g/mol. The summed E-state index contributed by atoms with van der Waals surface area (Å²) in [5, 5.41) is 2.75. The van der Waals surface area contributed by atoms with Gasteiger partial charge in [-0.05, 0) is 53.3 Å². The number of hydrogen-bond donors (Lipinski definition) is 0. The molecule has 0 saturated carbocycles. The van der Waals surface area contributed by atoms with Crippen LogP contribution >= 0.6 is 11.3 Å². The molecule has 2 heterocycles. The number of rotatable bonds is 6. The molecule has 33 heavy (non-hydrogen) atoms. The van der Waals surface area contributed by atoms with Gasteiger partial charge >= 0.3 is 0 Å². The number of carbonyl (C=O) groups is 1. The molecule has 5 rings (SSSR count). The van der Waals surface area contributed by atoms with Crippen molar-refractivity contribution in [1.82, 2.24) is 4.98 Å². The quantitative estimate of drug-likeness (QED) is 0.334. The van der Waals surface area contributed by atoms with Crippen molar-refractivity contribution in [2.75, 3.05) is 25.2 Å². The van der Waals surface area contributed by atoms with Crippen LogP contribution in [0.25, 0.3) is 21.0 Å². The first-order valence-electron chi connectivity index (χ1n) is 11.4. The number of thiazole rings is 1. The zero-order valence-electron chi connectivity index (χ0n) is 19.2. The van der Waals surface area contributed by atoms with Gasteiger partial charge in [0.1, 0.15) is 5.75 Å². The van der Waals surface area contributed by atoms with Gasteiger partial charge in [-0.15, -0.1) is 0 Å². The number of ether oxygens (including phenoxy) is 2. The first-order chi connectivity index (χ1) is 16.0. The molecule has 3 aromatic carbocycles. The number of amides is 1. The maximum Gasteiger partial charge on any atom is 0.263 e. The topological polar surface area (TPSA) is 51.7 Å². The average molecular weight is 461 g/mol. The predicted octanol–water partition coefficient (Wildman–Crippen LogP) is 6.41. The summed E-state index contributed by atoms with van der Waals surface area (Å²) in [5.41, 5.74) is 2.71. The van der Waals surface area contributed by atoms with Crippen LogP contribution in [0, 0.1) is 0 Å². The highest BCUT2D eigenvalue weighted by atomic mass is 32.1. The molecule has 4 aromatic rings. The van der Waals surface area contributed by atoms with Crippen LogP contribution in [0.3, 0.4) is 0 Å². The Morgan fingerprint density at radius 3 is 2.67 bits per heavy atom. The molecule has 6 heteroatoms. The fourth-order valence-corrected chi connectivity index (χ4v) is 5.49. The number of fused-ring (bicyclic) bond motifs is 2. The van der Waals surface area contributed by atoms with Gasteiger partial charge in [0, 0.05) is 6.61 Å². The van der Waals surface area contributed by atoms with Crippen molar-refractivity contribution in [3.05, 3.63) is 65.7 Å². The first kappa shape index (κ1) is 21.9. The second-order valence-corrected chi connectivity index (χ2v) is 9.80. The van der Waals surface area contributed by atoms with E-state index < -0.39 is 0 Å². The van der Waals surface area contributed by atoms with E-state index in [2.05, 4.69) is 32.0 Å². The number of methoxy groups -OCH3 is 1. The molecule has 1 atom stereocenters. The maximum atomic E-state index is 14.0. The van der Waals surface area contributed by atoms with Crippen molar-refractivity contribution in [3.63, 3.8) is 0 Å². The summed E-state index contributed by atoms with van der Waals surface area (Å²) in [6.45, 7) is 5.56. The van der Waals surface area contributed by atoms with Gasteiger partial charge in [-0.3, -0.25) is 9.69 Å². The second-order valence-electron chi connectivity index (χ2n) is 8.80. The molecule has 0 radical (unpaired) electrons. The Balaban J connectivity index is 1.61. The molecule has 0 bridgehead atoms. The van der Waals surface area contributed by atoms with Gasteiger partial charge in [-0.25, -0.2) is 4.98 Å². The smallest absolute Gasteiger partial charge is 0.263 e. The fraction of sp³-hybridized carbons (Fsp3) is 0.333. The molecule has 1 aromatic heterocycles. The Morgan fingerprint density at radius 2 is 1.97 bits per heavy atom. The molecule has 1 aliphatic rings. The van der Waals surface area contributed by atoms with Crippen LogP contribution < -0.4 is 9.64 Å². The maximum absolute atomic E-state index is 14.0. The largest absolute Gasteiger partial charge is 0.496 e. The predicted molar refractivity (Wildman–Crippen MR) is 135 cm³/mol. The molecule has 0 aliphatic carbocycles. The molecule has 0 N–H and O–H groups in total. The zero-order chi connectivity index (χ0) is 22.9. The summed E-state index contributed by atoms with van der Waals surface area (Å²) in [6, 6.07) is 18.1. The lowest BCUT2D eigenvalue weighted by Crippen LogP contribution is -2.37. The van der Waals surface area contributed by atoms with Crippen LogP contribution in [-0.2, 0) is 4.74 Å². The highest BCUT2D eigenvalue weighted by Crippen LogP contribution is 2.36. The first-order valence-corrected chi connectivity index (χ1v) is 12.3. The molecule has 170 valence electrons. The molecule has 5 nitrogen and oxygen atoms in total. The van der Waals surface area contributed by atoms with E-state index in [1.807, 2.05) is 36.4 Å². The molecule has 1 amide bonds. The Kier molecular flexibility index (Phi) is 6.04. The Labute approximate surface area is 198 Å². The number of carbonyl (C=O) groups excluding carboxylic acids is 1. The molecule has 1 saturated heterocycles. The van der Waals surface area contributed by atoms with Gasteiger partial charge < -0.3 is 9.47 Å². The van der Waals surface area contributed by atoms with Gasteiger partial charge in [0.05, 0.1) is 35.5 Å². The lowest BCUT2D eigenvalue weighted by atomic mass is 10.0. The van der Waals surface area contributed by atoms with Crippen molar-refractivity contribution in [3.8, 4) is 5.75 Å². The highest BCUT2D eigenvalue weighted by Gasteiger charge is 2.29. The minimum atomic E-state index is -0.113. The molecule has 1 fully saturated rings. The number of hydrogen-bond acceptors (Lipinski definition) is 5. The zero-order valence-corrected chi connectivity index (χ0v) is 20.0. The molecular formula is C27H28N2O3S. The lowest BCUT2D eigenvalue weighted by molar-refractivity contribution is 0.0915. The van der Waals surface area contributed by atoms with E-state index in [1.54, 1.807) is 23.3 Å². The Morgan fingerprint density at radius 1 is 1.18 bits per heavy atom. The van der Waals surface area contributed by atoms with E-state index in [1.165, 1.54) is 5.56 Å². The van der Waals surface area contributed by atoms with E-state index in [-0.39, 0.29) is 12.0 Å². The van der Waals surface area contributed by atoms with E-state index in [9.17, 15) is 4.79 Å². The summed E-state index contributed by atoms with van der Waals surface area (Å²) in [6.07, 6.45) is 1.97. The van der Waals surface area contributed by atoms with E-state index in [0.29, 0.717) is 28.9 Å². The van der Waals surface area contributed by atoms with Crippen LogP contribution in [0.5, 0.6) is 5.75 Å². The Bertz CT molecular complexity index is 1310. The van der Waals surface area contributed by atoms with Gasteiger partial charge in [0.25, 0.3) is 5.91 Å². The fourth-order valence-electron chi connectivity index (χ4n) is 4.48. The third-order valence-corrected chi connectivity index (χ3v) is 7.29. The molecular weight excluding hydrogens is 432 g/mol. The van der Waals surface area contributed by atoms with Crippen molar-refractivity contribution in [2.24, 2.45) is 0 Å². The number of para-hydroxylation sites is 1. The van der Waals surface area contributed by atoms with Gasteiger partial charge in [-0.2, -0.15) is 0 Å². The van der Waals surface area contributed by atoms with Crippen LogP contribution in [0.4, 0.5) is 5.13 Å². The minimum absolute atomic E-state index is 0.0111. The number of nitrogens with zero attached hydrogens (tertiary/aromatic N) is 2. The minimum Gasteiger partial charge on any atom is -0.496 e. The van der Waals surface area contributed by atoms with Crippen LogP contribution in [-0.4, -0.2) is 37.3 Å². The van der Waals surface area contributed by atoms with Gasteiger partial charge in [0.2, 0.25) is 0 Å². The molecule has 0 spiro atoms. The van der Waals surface area contributed by atoms with Gasteiger partial charge in [-0.1, -0.05) is 61.6 Å². The van der Waals surface area contributed by atoms with Crippen molar-refractivity contribution < 1.29 is 14.3 Å². The summed E-state index contributed by atoms with van der Waals surface area (Å²) in [4.78, 5) is 20.8. The normalized spacial score (nSPS) is 16.1. The third kappa shape index (κ3) is 4.21. The lowest BCUT2D eigenvalue weighted by Gasteiger charge is -2.24. The second kappa shape index (κ2) is 9.12. The number of benzene rings is 3. The van der Waals surface area contributed by atoms with E-state index >= 15 is 0 Å². The Hall–Kier alpha value is -2.96. The highest BCUT2D eigenvalue weighted by molar-refractivity contribution is 7.22. The third-order valence-electron chi connectivity index (χ3n) is 6.25. The van der Waals surface area contributed by atoms with Crippen LogP contribution in [0.2, 0.25) is 0 Å². The van der Waals surface area contributed by atoms with E-state index in [0.717, 1.165) is 40.4 Å². The van der Waals surface area contributed by atoms with Gasteiger partial charge in [0.15, 0.2) is 5.13 Å². The van der Waals surface area contributed by atoms with Crippen molar-refractivity contribution in [1.29, 1.82) is 0 Å². The molecule has 1 aliphatic heterocycles. The SMILES string of the molecule is COc1cc2ccccc2cc1C(=O)N(CC1CCCO1)c1nc2c(C(C)C)cccc2s1. The van der Waals surface area contributed by atoms with Crippen LogP contribution in [0.15, 0.2) is 54.6 Å².